The zero-order valence-electron chi connectivity index (χ0n) is 12.7. The number of imidazole rings is 1. The normalized spacial score (nSPS) is 9.92. The van der Waals surface area contributed by atoms with Gasteiger partial charge in [-0.3, -0.25) is 14.4 Å². The average Bonchev–Trinajstić information content (AvgIpc) is 2.98. The summed E-state index contributed by atoms with van der Waals surface area (Å²) in [6.07, 6.45) is 1.67. The molecule has 3 rings (SSSR count). The minimum Gasteiger partial charge on any atom is -0.474 e. The molecular weight excluding hydrogens is 327 g/mol. The van der Waals surface area contributed by atoms with Gasteiger partial charge in [-0.05, 0) is 18.2 Å². The lowest BCUT2D eigenvalue weighted by atomic mass is 10.1. The zero-order valence-corrected chi connectivity index (χ0v) is 12.7. The van der Waals surface area contributed by atoms with Crippen LogP contribution >= 0.6 is 0 Å². The molecule has 0 unspecified atom stereocenters. The van der Waals surface area contributed by atoms with Crippen LogP contribution in [0.2, 0.25) is 0 Å². The highest BCUT2D eigenvalue weighted by molar-refractivity contribution is 5.64. The molecule has 3 aromatic rings. The van der Waals surface area contributed by atoms with Crippen molar-refractivity contribution < 1.29 is 28.4 Å². The summed E-state index contributed by atoms with van der Waals surface area (Å²) < 4.78 is 24.4. The van der Waals surface area contributed by atoms with Gasteiger partial charge < -0.3 is 9.47 Å². The molecule has 0 amide bonds. The summed E-state index contributed by atoms with van der Waals surface area (Å²) in [5.41, 5.74) is 2.12. The van der Waals surface area contributed by atoms with Crippen molar-refractivity contribution >= 4 is 5.65 Å². The Morgan fingerprint density at radius 3 is 2.71 bits per heavy atom. The average molecular weight is 343 g/mol. The van der Waals surface area contributed by atoms with Crippen LogP contribution in [0.3, 0.4) is 0 Å². The highest BCUT2D eigenvalue weighted by Gasteiger charge is 2.09. The summed E-state index contributed by atoms with van der Waals surface area (Å²) in [7, 11) is 1.61. The maximum atomic E-state index is 12.3. The molecule has 1 aromatic carbocycles. The van der Waals surface area contributed by atoms with Crippen LogP contribution in [0.5, 0.6) is 11.6 Å². The predicted molar refractivity (Wildman–Crippen MR) is 82.5 cm³/mol. The fourth-order valence-corrected chi connectivity index (χ4v) is 2.06. The van der Waals surface area contributed by atoms with Gasteiger partial charge in [-0.25, -0.2) is 9.50 Å². The molecule has 0 N–H and O–H groups in total. The Kier molecular flexibility index (Phi) is 6.99. The fraction of sp³-hybridized carbons (Fsp3) is 0.200. The molecule has 0 spiro atoms. The molecule has 0 bridgehead atoms. The van der Waals surface area contributed by atoms with E-state index in [4.69, 9.17) is 9.47 Å². The fourth-order valence-electron chi connectivity index (χ4n) is 2.06. The Bertz CT molecular complexity index is 783. The summed E-state index contributed by atoms with van der Waals surface area (Å²) in [4.78, 5) is 8.04. The molecule has 130 valence electrons. The standard InChI is InChI=1S/C15H14FN3O3.2FH/c1-20-7-8-21-15-6-5-14-17-10-13(19(14)18-15)11-3-2-4-12(9-11)22-16;;/h2-6,9-10H,7-8H2,1H3;2*1H. The van der Waals surface area contributed by atoms with E-state index in [1.54, 1.807) is 42.1 Å². The highest BCUT2D eigenvalue weighted by atomic mass is 19.3. The van der Waals surface area contributed by atoms with Gasteiger partial charge in [0.15, 0.2) is 11.4 Å². The quantitative estimate of drug-likeness (QED) is 0.644. The van der Waals surface area contributed by atoms with Crippen LogP contribution in [0.25, 0.3) is 16.9 Å². The molecule has 0 saturated heterocycles. The molecular formula is C15H16F3N3O3. The lowest BCUT2D eigenvalue weighted by Gasteiger charge is -2.06. The lowest BCUT2D eigenvalue weighted by molar-refractivity contribution is -0.00614. The first-order valence-electron chi connectivity index (χ1n) is 6.67. The van der Waals surface area contributed by atoms with Crippen molar-refractivity contribution in [3.05, 3.63) is 42.6 Å². The first kappa shape index (κ1) is 19.2. The van der Waals surface area contributed by atoms with Gasteiger partial charge in [0.25, 0.3) is 0 Å². The van der Waals surface area contributed by atoms with Crippen molar-refractivity contribution in [3.63, 3.8) is 0 Å². The van der Waals surface area contributed by atoms with Crippen molar-refractivity contribution in [1.29, 1.82) is 0 Å². The number of benzene rings is 1. The first-order valence-corrected chi connectivity index (χ1v) is 6.67. The molecule has 2 heterocycles. The van der Waals surface area contributed by atoms with Crippen LogP contribution < -0.4 is 9.68 Å². The molecule has 6 nitrogen and oxygen atoms in total. The van der Waals surface area contributed by atoms with Gasteiger partial charge in [-0.15, -0.1) is 5.10 Å². The highest BCUT2D eigenvalue weighted by Crippen LogP contribution is 2.25. The number of hydrogen-bond donors (Lipinski definition) is 0. The molecule has 0 aliphatic rings. The second-order valence-corrected chi connectivity index (χ2v) is 4.53. The second kappa shape index (κ2) is 8.73. The zero-order chi connectivity index (χ0) is 15.4. The van der Waals surface area contributed by atoms with E-state index in [1.807, 2.05) is 6.07 Å². The van der Waals surface area contributed by atoms with E-state index in [1.165, 1.54) is 6.07 Å². The minimum atomic E-state index is 0. The number of hydrogen-bond acceptors (Lipinski definition) is 5. The smallest absolute Gasteiger partial charge is 0.231 e. The van der Waals surface area contributed by atoms with Crippen LogP contribution in [0.15, 0.2) is 42.6 Å². The van der Waals surface area contributed by atoms with Gasteiger partial charge in [0.05, 0.1) is 18.5 Å². The SMILES string of the molecule is COCCOc1ccc2ncc(-c3cccc(OF)c3)n2n1.F.F. The molecule has 0 aliphatic carbocycles. The topological polar surface area (TPSA) is 57.9 Å². The van der Waals surface area contributed by atoms with E-state index in [2.05, 4.69) is 15.0 Å². The van der Waals surface area contributed by atoms with Crippen molar-refractivity contribution in [1.82, 2.24) is 14.6 Å². The van der Waals surface area contributed by atoms with Gasteiger partial charge in [0, 0.05) is 23.3 Å². The van der Waals surface area contributed by atoms with Crippen LogP contribution in [0, 0.1) is 0 Å². The molecule has 0 radical (unpaired) electrons. The van der Waals surface area contributed by atoms with E-state index in [0.29, 0.717) is 30.4 Å². The molecule has 0 saturated carbocycles. The van der Waals surface area contributed by atoms with Crippen molar-refractivity contribution in [3.8, 4) is 22.9 Å². The van der Waals surface area contributed by atoms with E-state index >= 15 is 0 Å². The second-order valence-electron chi connectivity index (χ2n) is 4.53. The van der Waals surface area contributed by atoms with Gasteiger partial charge in [0.1, 0.15) is 6.61 Å². The van der Waals surface area contributed by atoms with Gasteiger partial charge >= 0.3 is 0 Å². The number of aromatic nitrogens is 3. The van der Waals surface area contributed by atoms with E-state index in [0.717, 1.165) is 5.56 Å². The molecule has 0 fully saturated rings. The van der Waals surface area contributed by atoms with Crippen LogP contribution in [0.4, 0.5) is 13.9 Å². The van der Waals surface area contributed by atoms with Crippen LogP contribution in [-0.2, 0) is 4.74 Å². The lowest BCUT2D eigenvalue weighted by Crippen LogP contribution is -2.07. The molecule has 0 atom stereocenters. The summed E-state index contributed by atoms with van der Waals surface area (Å²) >= 11 is 0. The number of rotatable bonds is 6. The number of fused-ring (bicyclic) bond motifs is 1. The molecule has 9 heteroatoms. The Labute approximate surface area is 135 Å². The third-order valence-corrected chi connectivity index (χ3v) is 3.09. The summed E-state index contributed by atoms with van der Waals surface area (Å²) in [6, 6.07) is 10.2. The van der Waals surface area contributed by atoms with Crippen molar-refractivity contribution in [2.45, 2.75) is 0 Å². The number of halogens is 3. The van der Waals surface area contributed by atoms with Gasteiger partial charge in [-0.2, -0.15) is 0 Å². The van der Waals surface area contributed by atoms with E-state index in [-0.39, 0.29) is 15.2 Å². The maximum absolute atomic E-state index is 12.3. The van der Waals surface area contributed by atoms with E-state index < -0.39 is 0 Å². The number of nitrogens with zero attached hydrogens (tertiary/aromatic N) is 3. The van der Waals surface area contributed by atoms with Crippen molar-refractivity contribution in [2.24, 2.45) is 0 Å². The monoisotopic (exact) mass is 343 g/mol. The van der Waals surface area contributed by atoms with Crippen LogP contribution in [-0.4, -0.2) is 34.9 Å². The Morgan fingerprint density at radius 1 is 1.12 bits per heavy atom. The predicted octanol–water partition coefficient (Wildman–Crippen LogP) is 2.99. The Hall–Kier alpha value is -2.81. The number of ether oxygens (including phenoxy) is 2. The Balaban J connectivity index is 0.00000144. The molecule has 0 aliphatic heterocycles. The first-order chi connectivity index (χ1) is 10.8. The molecule has 24 heavy (non-hydrogen) atoms. The van der Waals surface area contributed by atoms with Gasteiger partial charge in [-0.1, -0.05) is 12.1 Å². The summed E-state index contributed by atoms with van der Waals surface area (Å²) in [5, 5.41) is 4.38. The number of methoxy groups -OCH3 is 1. The minimum absolute atomic E-state index is 0. The van der Waals surface area contributed by atoms with Crippen molar-refractivity contribution in [2.75, 3.05) is 20.3 Å². The summed E-state index contributed by atoms with van der Waals surface area (Å²) in [5.74, 6) is 0.585. The third kappa shape index (κ3) is 3.93. The van der Waals surface area contributed by atoms with Crippen LogP contribution in [0.1, 0.15) is 0 Å². The van der Waals surface area contributed by atoms with Gasteiger partial charge in [0.2, 0.25) is 5.88 Å². The Morgan fingerprint density at radius 2 is 1.96 bits per heavy atom. The third-order valence-electron chi connectivity index (χ3n) is 3.09. The summed E-state index contributed by atoms with van der Waals surface area (Å²) in [6.45, 7) is 0.886. The maximum Gasteiger partial charge on any atom is 0.231 e. The largest absolute Gasteiger partial charge is 0.474 e. The molecule has 2 aromatic heterocycles. The van der Waals surface area contributed by atoms with E-state index in [9.17, 15) is 4.53 Å².